The van der Waals surface area contributed by atoms with Gasteiger partial charge in [-0.05, 0) is 32.4 Å². The summed E-state index contributed by atoms with van der Waals surface area (Å²) in [6, 6.07) is 10.5. The predicted molar refractivity (Wildman–Crippen MR) is 148 cm³/mol. The number of nitrogens with zero attached hydrogens (tertiary/aromatic N) is 2. The quantitative estimate of drug-likeness (QED) is 0.169. The lowest BCUT2D eigenvalue weighted by molar-refractivity contribution is -0.119. The van der Waals surface area contributed by atoms with Crippen LogP contribution in [0.25, 0.3) is 0 Å². The molecule has 4 N–H and O–H groups in total. The Labute approximate surface area is 240 Å². The molecule has 5 atom stereocenters. The van der Waals surface area contributed by atoms with Gasteiger partial charge in [0, 0.05) is 18.5 Å². The van der Waals surface area contributed by atoms with Crippen molar-refractivity contribution in [3.63, 3.8) is 0 Å². The standard InChI is InChI=1S/C25H33N4O10PS/c1-24(2,15-30)21(31)41-12-11-35-40(34,27-13-16-7-5-4-6-8-16)36-14-17-19-25(3,39-23(33)38-19)20(37-17)29-10-9-18(26)28-22(29)32/h4-10,17,19-20,30H,11-15H2,1-3H3,(H,27,34)(H2,26,28,32). The summed E-state index contributed by atoms with van der Waals surface area (Å²) in [6.07, 6.45) is -2.75. The smallest absolute Gasteiger partial charge is 0.424 e. The second-order valence-corrected chi connectivity index (χ2v) is 13.2. The van der Waals surface area contributed by atoms with Crippen LogP contribution in [0, 0.1) is 5.41 Å². The Hall–Kier alpha value is -2.78. The fourth-order valence-corrected chi connectivity index (χ4v) is 6.44. The maximum absolute atomic E-state index is 13.8. The molecule has 2 aliphatic rings. The predicted octanol–water partition coefficient (Wildman–Crippen LogP) is 2.23. The number of hydrogen-bond acceptors (Lipinski definition) is 13. The first-order chi connectivity index (χ1) is 19.4. The summed E-state index contributed by atoms with van der Waals surface area (Å²) in [5, 5.41) is 12.0. The van der Waals surface area contributed by atoms with Crippen LogP contribution in [0.2, 0.25) is 0 Å². The molecule has 0 spiro atoms. The minimum Gasteiger partial charge on any atom is -0.424 e. The third kappa shape index (κ3) is 7.17. The van der Waals surface area contributed by atoms with Gasteiger partial charge in [-0.2, -0.15) is 4.98 Å². The van der Waals surface area contributed by atoms with Crippen LogP contribution in [0.4, 0.5) is 10.6 Å². The monoisotopic (exact) mass is 612 g/mol. The molecule has 0 saturated carbocycles. The fraction of sp³-hybridized carbons (Fsp3) is 0.520. The molecule has 0 amide bonds. The topological polar surface area (TPSA) is 191 Å². The van der Waals surface area contributed by atoms with Crippen molar-refractivity contribution in [2.45, 2.75) is 51.4 Å². The van der Waals surface area contributed by atoms with Crippen molar-refractivity contribution >= 4 is 36.6 Å². The van der Waals surface area contributed by atoms with Gasteiger partial charge >= 0.3 is 19.6 Å². The molecule has 3 heterocycles. The molecule has 16 heteroatoms. The minimum atomic E-state index is -4.01. The van der Waals surface area contributed by atoms with E-state index in [9.17, 15) is 24.1 Å². The number of aliphatic hydroxyl groups excluding tert-OH is 1. The van der Waals surface area contributed by atoms with Crippen LogP contribution in [0.1, 0.15) is 32.6 Å². The zero-order valence-corrected chi connectivity index (χ0v) is 24.5. The van der Waals surface area contributed by atoms with Gasteiger partial charge in [-0.15, -0.1) is 0 Å². The third-order valence-corrected chi connectivity index (χ3v) is 9.32. The van der Waals surface area contributed by atoms with Gasteiger partial charge in [0.05, 0.1) is 25.2 Å². The number of rotatable bonds is 13. The van der Waals surface area contributed by atoms with Gasteiger partial charge in [-0.1, -0.05) is 42.1 Å². The van der Waals surface area contributed by atoms with Crippen molar-refractivity contribution < 1.29 is 42.5 Å². The SMILES string of the molecule is CC(C)(CO)C(=O)SCCOP(=O)(NCc1ccccc1)OCC1OC(n2ccc(N)nc2=O)C2(C)OC(=O)OC12. The lowest BCUT2D eigenvalue weighted by Crippen LogP contribution is -2.44. The van der Waals surface area contributed by atoms with Gasteiger partial charge in [0.15, 0.2) is 23.0 Å². The molecule has 2 aromatic rings. The number of fused-ring (bicyclic) bond motifs is 1. The van der Waals surface area contributed by atoms with Crippen LogP contribution in [-0.4, -0.2) is 69.3 Å². The zero-order chi connectivity index (χ0) is 29.8. The first-order valence-corrected chi connectivity index (χ1v) is 15.3. The molecule has 1 aromatic carbocycles. The normalized spacial score (nSPS) is 25.3. The van der Waals surface area contributed by atoms with Crippen LogP contribution < -0.4 is 16.5 Å². The van der Waals surface area contributed by atoms with Crippen LogP contribution in [0.15, 0.2) is 47.4 Å². The van der Waals surface area contributed by atoms with E-state index in [2.05, 4.69) is 10.1 Å². The summed E-state index contributed by atoms with van der Waals surface area (Å²) in [7, 11) is -4.01. The largest absolute Gasteiger partial charge is 0.509 e. The van der Waals surface area contributed by atoms with Crippen LogP contribution in [0.5, 0.6) is 0 Å². The van der Waals surface area contributed by atoms with Gasteiger partial charge in [-0.25, -0.2) is 19.2 Å². The molecule has 2 fully saturated rings. The summed E-state index contributed by atoms with van der Waals surface area (Å²) in [5.74, 6) is 0.164. The molecule has 2 saturated heterocycles. The van der Waals surface area contributed by atoms with Crippen molar-refractivity contribution in [2.75, 3.05) is 31.3 Å². The van der Waals surface area contributed by atoms with Gasteiger partial charge in [0.1, 0.15) is 11.9 Å². The van der Waals surface area contributed by atoms with E-state index >= 15 is 0 Å². The molecular weight excluding hydrogens is 579 g/mol. The highest BCUT2D eigenvalue weighted by Gasteiger charge is 2.64. The summed E-state index contributed by atoms with van der Waals surface area (Å²) >= 11 is 0.945. The number of carbonyl (C=O) groups is 2. The molecule has 5 unspecified atom stereocenters. The number of nitrogens with one attached hydrogen (secondary N) is 1. The maximum Gasteiger partial charge on any atom is 0.509 e. The average Bonchev–Trinajstić information content (AvgIpc) is 3.38. The lowest BCUT2D eigenvalue weighted by Gasteiger charge is -2.26. The molecule has 0 bridgehead atoms. The Morgan fingerprint density at radius 3 is 2.68 bits per heavy atom. The number of hydrogen-bond donors (Lipinski definition) is 3. The first-order valence-electron chi connectivity index (χ1n) is 12.7. The minimum absolute atomic E-state index is 0.00728. The fourth-order valence-electron chi connectivity index (χ4n) is 4.20. The van der Waals surface area contributed by atoms with E-state index in [-0.39, 0.29) is 43.1 Å². The number of carbonyl (C=O) groups excluding carboxylic acids is 2. The van der Waals surface area contributed by atoms with E-state index in [0.29, 0.717) is 0 Å². The Balaban J connectivity index is 1.47. The van der Waals surface area contributed by atoms with Crippen molar-refractivity contribution in [2.24, 2.45) is 5.41 Å². The Morgan fingerprint density at radius 2 is 2.00 bits per heavy atom. The van der Waals surface area contributed by atoms with E-state index in [1.54, 1.807) is 20.8 Å². The van der Waals surface area contributed by atoms with Crippen molar-refractivity contribution in [1.29, 1.82) is 0 Å². The molecule has 0 radical (unpaired) electrons. The molecule has 14 nitrogen and oxygen atoms in total. The highest BCUT2D eigenvalue weighted by molar-refractivity contribution is 8.13. The summed E-state index contributed by atoms with van der Waals surface area (Å²) in [4.78, 5) is 40.6. The number of benzene rings is 1. The van der Waals surface area contributed by atoms with E-state index < -0.39 is 49.0 Å². The summed E-state index contributed by atoms with van der Waals surface area (Å²) in [6.45, 7) is 4.13. The highest BCUT2D eigenvalue weighted by Crippen LogP contribution is 2.49. The zero-order valence-electron chi connectivity index (χ0n) is 22.8. The molecule has 224 valence electrons. The summed E-state index contributed by atoms with van der Waals surface area (Å²) < 4.78 is 43.0. The van der Waals surface area contributed by atoms with E-state index in [1.807, 2.05) is 30.3 Å². The lowest BCUT2D eigenvalue weighted by atomic mass is 9.96. The number of nitrogen functional groups attached to an aromatic ring is 1. The van der Waals surface area contributed by atoms with Crippen LogP contribution in [-0.2, 0) is 39.2 Å². The van der Waals surface area contributed by atoms with Crippen LogP contribution in [0.3, 0.4) is 0 Å². The van der Waals surface area contributed by atoms with Crippen LogP contribution >= 0.6 is 19.5 Å². The van der Waals surface area contributed by atoms with Gasteiger partial charge < -0.3 is 25.1 Å². The molecule has 2 aliphatic heterocycles. The number of anilines is 1. The second-order valence-electron chi connectivity index (χ2n) is 10.3. The number of aromatic nitrogens is 2. The molecule has 41 heavy (non-hydrogen) atoms. The average molecular weight is 613 g/mol. The number of ether oxygens (including phenoxy) is 3. The van der Waals surface area contributed by atoms with E-state index in [1.165, 1.54) is 12.3 Å². The number of aliphatic hydroxyl groups is 1. The molecule has 1 aromatic heterocycles. The second kappa shape index (κ2) is 12.6. The number of thioether (sulfide) groups is 1. The van der Waals surface area contributed by atoms with Crippen molar-refractivity contribution in [3.05, 3.63) is 58.6 Å². The van der Waals surface area contributed by atoms with Gasteiger partial charge in [-0.3, -0.25) is 18.4 Å². The van der Waals surface area contributed by atoms with Crippen molar-refractivity contribution in [3.8, 4) is 0 Å². The Bertz CT molecular complexity index is 1360. The number of nitrogens with two attached hydrogens (primary N) is 1. The van der Waals surface area contributed by atoms with Gasteiger partial charge in [0.25, 0.3) is 0 Å². The van der Waals surface area contributed by atoms with E-state index in [0.717, 1.165) is 21.9 Å². The Kier molecular flexibility index (Phi) is 9.59. The maximum atomic E-state index is 13.8. The van der Waals surface area contributed by atoms with E-state index in [4.69, 9.17) is 29.0 Å². The molecule has 0 aliphatic carbocycles. The highest BCUT2D eigenvalue weighted by atomic mass is 32.2. The van der Waals surface area contributed by atoms with Crippen molar-refractivity contribution in [1.82, 2.24) is 14.6 Å². The molecular formula is C25H33N4O10PS. The first kappa shape index (κ1) is 31.2. The Morgan fingerprint density at radius 1 is 1.27 bits per heavy atom. The third-order valence-electron chi connectivity index (χ3n) is 6.58. The summed E-state index contributed by atoms with van der Waals surface area (Å²) in [5.41, 5.74) is 3.33. The van der Waals surface area contributed by atoms with Gasteiger partial charge in [0.2, 0.25) is 0 Å². The molecule has 4 rings (SSSR count).